The van der Waals surface area contributed by atoms with Crippen LogP contribution in [0.15, 0.2) is 0 Å². The lowest BCUT2D eigenvalue weighted by Crippen LogP contribution is -2.06. The maximum atomic E-state index is 4.95. The van der Waals surface area contributed by atoms with Gasteiger partial charge in [0.2, 0.25) is 0 Å². The van der Waals surface area contributed by atoms with Crippen LogP contribution >= 0.6 is 11.3 Å². The molecule has 0 radical (unpaired) electrons. The summed E-state index contributed by atoms with van der Waals surface area (Å²) in [5.74, 6) is 2.68. The fourth-order valence-corrected chi connectivity index (χ4v) is 4.80. The van der Waals surface area contributed by atoms with Gasteiger partial charge in [-0.05, 0) is 50.0 Å². The standard InChI is InChI=1S/C17H23N3S/c1-4-18-15-13-10-7-5-6-8-12(10)21-16(13)20-14(19-15)11-9-17(11,2)3/h11H,4-9H2,1-3H3,(H,18,19,20). The smallest absolute Gasteiger partial charge is 0.138 e. The third-order valence-corrected chi connectivity index (χ3v) is 6.19. The Kier molecular flexibility index (Phi) is 3.00. The Balaban J connectivity index is 1.88. The number of rotatable bonds is 3. The van der Waals surface area contributed by atoms with E-state index in [0.29, 0.717) is 11.3 Å². The molecule has 1 N–H and O–H groups in total. The number of aromatic nitrogens is 2. The maximum Gasteiger partial charge on any atom is 0.138 e. The summed E-state index contributed by atoms with van der Waals surface area (Å²) in [7, 11) is 0. The molecular formula is C17H23N3S. The van der Waals surface area contributed by atoms with E-state index in [0.717, 1.165) is 18.2 Å². The van der Waals surface area contributed by atoms with Crippen LogP contribution in [0.4, 0.5) is 5.82 Å². The van der Waals surface area contributed by atoms with Crippen molar-refractivity contribution in [2.24, 2.45) is 5.41 Å². The Labute approximate surface area is 130 Å². The largest absolute Gasteiger partial charge is 0.370 e. The molecule has 2 aliphatic rings. The molecule has 3 nitrogen and oxygen atoms in total. The van der Waals surface area contributed by atoms with Crippen molar-refractivity contribution >= 4 is 27.4 Å². The van der Waals surface area contributed by atoms with Crippen molar-refractivity contribution < 1.29 is 0 Å². The van der Waals surface area contributed by atoms with Crippen LogP contribution in [-0.4, -0.2) is 16.5 Å². The van der Waals surface area contributed by atoms with Crippen molar-refractivity contribution in [3.8, 4) is 0 Å². The number of nitrogens with one attached hydrogen (secondary N) is 1. The molecule has 2 aromatic heterocycles. The minimum atomic E-state index is 0.383. The first-order chi connectivity index (χ1) is 10.1. The van der Waals surface area contributed by atoms with Gasteiger partial charge >= 0.3 is 0 Å². The molecule has 1 fully saturated rings. The van der Waals surface area contributed by atoms with Gasteiger partial charge in [0.25, 0.3) is 0 Å². The third-order valence-electron chi connectivity index (χ3n) is 5.00. The second-order valence-corrected chi connectivity index (χ2v) is 8.18. The summed E-state index contributed by atoms with van der Waals surface area (Å²) in [5, 5.41) is 4.81. The molecule has 4 heteroatoms. The molecule has 1 unspecified atom stereocenters. The monoisotopic (exact) mass is 301 g/mol. The highest BCUT2D eigenvalue weighted by molar-refractivity contribution is 7.19. The first kappa shape index (κ1) is 13.5. The molecule has 1 atom stereocenters. The first-order valence-electron chi connectivity index (χ1n) is 8.16. The number of fused-ring (bicyclic) bond motifs is 3. The van der Waals surface area contributed by atoms with E-state index in [1.54, 1.807) is 4.88 Å². The third kappa shape index (κ3) is 2.15. The summed E-state index contributed by atoms with van der Waals surface area (Å²) in [6.07, 6.45) is 6.28. The zero-order valence-corrected chi connectivity index (χ0v) is 13.9. The summed E-state index contributed by atoms with van der Waals surface area (Å²) in [5.41, 5.74) is 1.91. The van der Waals surface area contributed by atoms with Crippen molar-refractivity contribution in [3.63, 3.8) is 0 Å². The van der Waals surface area contributed by atoms with Crippen molar-refractivity contribution in [1.29, 1.82) is 0 Å². The van der Waals surface area contributed by atoms with Crippen LogP contribution in [-0.2, 0) is 12.8 Å². The minimum Gasteiger partial charge on any atom is -0.370 e. The highest BCUT2D eigenvalue weighted by Crippen LogP contribution is 2.58. The molecule has 0 spiro atoms. The Morgan fingerprint density at radius 1 is 1.24 bits per heavy atom. The van der Waals surface area contributed by atoms with E-state index in [9.17, 15) is 0 Å². The molecule has 2 aliphatic carbocycles. The van der Waals surface area contributed by atoms with Crippen LogP contribution in [0.25, 0.3) is 10.2 Å². The average Bonchev–Trinajstić information content (AvgIpc) is 2.94. The first-order valence-corrected chi connectivity index (χ1v) is 8.98. The topological polar surface area (TPSA) is 37.8 Å². The lowest BCUT2D eigenvalue weighted by molar-refractivity contribution is 0.610. The maximum absolute atomic E-state index is 4.95. The molecule has 1 saturated carbocycles. The van der Waals surface area contributed by atoms with Gasteiger partial charge in [0.05, 0.1) is 5.39 Å². The molecule has 0 bridgehead atoms. The van der Waals surface area contributed by atoms with Gasteiger partial charge in [-0.2, -0.15) is 0 Å². The highest BCUT2D eigenvalue weighted by Gasteiger charge is 2.49. The van der Waals surface area contributed by atoms with Gasteiger partial charge in [-0.1, -0.05) is 13.8 Å². The number of hydrogen-bond donors (Lipinski definition) is 1. The Bertz CT molecular complexity index is 702. The molecule has 4 rings (SSSR count). The zero-order chi connectivity index (χ0) is 14.6. The number of hydrogen-bond acceptors (Lipinski definition) is 4. The fourth-order valence-electron chi connectivity index (χ4n) is 3.53. The van der Waals surface area contributed by atoms with Gasteiger partial charge in [-0.25, -0.2) is 9.97 Å². The molecule has 2 aromatic rings. The van der Waals surface area contributed by atoms with Gasteiger partial charge in [0.15, 0.2) is 0 Å². The van der Waals surface area contributed by atoms with Crippen LogP contribution in [0.1, 0.15) is 62.2 Å². The molecule has 2 heterocycles. The number of aryl methyl sites for hydroxylation is 2. The van der Waals surface area contributed by atoms with Gasteiger partial charge in [0.1, 0.15) is 16.5 Å². The quantitative estimate of drug-likeness (QED) is 0.906. The minimum absolute atomic E-state index is 0.383. The summed E-state index contributed by atoms with van der Waals surface area (Å²) in [4.78, 5) is 12.6. The predicted molar refractivity (Wildman–Crippen MR) is 89.4 cm³/mol. The van der Waals surface area contributed by atoms with E-state index < -0.39 is 0 Å². The summed E-state index contributed by atoms with van der Waals surface area (Å²) < 4.78 is 0. The number of thiophene rings is 1. The van der Waals surface area contributed by atoms with E-state index in [4.69, 9.17) is 9.97 Å². The van der Waals surface area contributed by atoms with Crippen LogP contribution in [0.5, 0.6) is 0 Å². The second-order valence-electron chi connectivity index (χ2n) is 7.10. The predicted octanol–water partition coefficient (Wildman–Crippen LogP) is 4.52. The Hall–Kier alpha value is -1.16. The van der Waals surface area contributed by atoms with Crippen molar-refractivity contribution in [1.82, 2.24) is 9.97 Å². The molecule has 0 aliphatic heterocycles. The van der Waals surface area contributed by atoms with Crippen LogP contribution in [0, 0.1) is 5.41 Å². The van der Waals surface area contributed by atoms with Gasteiger partial charge in [0, 0.05) is 17.3 Å². The van der Waals surface area contributed by atoms with Gasteiger partial charge in [-0.3, -0.25) is 0 Å². The normalized spacial score (nSPS) is 23.1. The van der Waals surface area contributed by atoms with Crippen molar-refractivity contribution in [3.05, 3.63) is 16.3 Å². The zero-order valence-electron chi connectivity index (χ0n) is 13.1. The van der Waals surface area contributed by atoms with E-state index in [1.807, 2.05) is 11.3 Å². The average molecular weight is 301 g/mol. The lowest BCUT2D eigenvalue weighted by Gasteiger charge is -2.13. The van der Waals surface area contributed by atoms with Gasteiger partial charge in [-0.15, -0.1) is 11.3 Å². The summed E-state index contributed by atoms with van der Waals surface area (Å²) in [6, 6.07) is 0. The SMILES string of the molecule is CCNc1nc(C2CC2(C)C)nc2sc3c(c12)CCCC3. The second kappa shape index (κ2) is 4.67. The van der Waals surface area contributed by atoms with Crippen LogP contribution in [0.2, 0.25) is 0 Å². The highest BCUT2D eigenvalue weighted by atomic mass is 32.1. The van der Waals surface area contributed by atoms with Gasteiger partial charge < -0.3 is 5.32 Å². The Morgan fingerprint density at radius 3 is 2.71 bits per heavy atom. The van der Waals surface area contributed by atoms with Crippen LogP contribution in [0.3, 0.4) is 0 Å². The van der Waals surface area contributed by atoms with E-state index in [1.165, 1.54) is 47.9 Å². The number of anilines is 1. The molecule has 0 saturated heterocycles. The summed E-state index contributed by atoms with van der Waals surface area (Å²) >= 11 is 1.91. The Morgan fingerprint density at radius 2 is 2.00 bits per heavy atom. The molecular weight excluding hydrogens is 278 g/mol. The van der Waals surface area contributed by atoms with Crippen molar-refractivity contribution in [2.45, 2.75) is 58.8 Å². The van der Waals surface area contributed by atoms with E-state index >= 15 is 0 Å². The van der Waals surface area contributed by atoms with E-state index in [-0.39, 0.29) is 0 Å². The van der Waals surface area contributed by atoms with Crippen molar-refractivity contribution in [2.75, 3.05) is 11.9 Å². The van der Waals surface area contributed by atoms with Crippen LogP contribution < -0.4 is 5.32 Å². The summed E-state index contributed by atoms with van der Waals surface area (Å²) in [6.45, 7) is 7.70. The fraction of sp³-hybridized carbons (Fsp3) is 0.647. The molecule has 0 amide bonds. The molecule has 0 aromatic carbocycles. The number of nitrogens with zero attached hydrogens (tertiary/aromatic N) is 2. The lowest BCUT2D eigenvalue weighted by atomic mass is 9.97. The van der Waals surface area contributed by atoms with E-state index in [2.05, 4.69) is 26.1 Å². The molecule has 112 valence electrons. The molecule has 21 heavy (non-hydrogen) atoms.